The second-order valence-corrected chi connectivity index (χ2v) is 3.56. The van der Waals surface area contributed by atoms with Gasteiger partial charge < -0.3 is 5.73 Å². The summed E-state index contributed by atoms with van der Waals surface area (Å²) in [5.41, 5.74) is 7.13. The number of nitrogens with zero attached hydrogens (tertiary/aromatic N) is 2. The second-order valence-electron chi connectivity index (χ2n) is 3.56. The van der Waals surface area contributed by atoms with Crippen LogP contribution in [0.15, 0.2) is 10.9 Å². The van der Waals surface area contributed by atoms with Gasteiger partial charge in [-0.1, -0.05) is 6.92 Å². The molecule has 0 aliphatic heterocycles. The Morgan fingerprint density at radius 1 is 1.64 bits per heavy atom. The van der Waals surface area contributed by atoms with Crippen LogP contribution in [0.5, 0.6) is 0 Å². The SMILES string of the molecule is CCCn1nc(C)cc(C(C)N)c1=O. The Hall–Kier alpha value is -1.16. The van der Waals surface area contributed by atoms with Crippen LogP contribution in [0.1, 0.15) is 37.6 Å². The van der Waals surface area contributed by atoms with E-state index in [4.69, 9.17) is 5.73 Å². The summed E-state index contributed by atoms with van der Waals surface area (Å²) in [5, 5.41) is 4.15. The Morgan fingerprint density at radius 3 is 2.79 bits per heavy atom. The maximum atomic E-state index is 11.8. The van der Waals surface area contributed by atoms with Gasteiger partial charge in [0.05, 0.1) is 5.69 Å². The van der Waals surface area contributed by atoms with Crippen molar-refractivity contribution in [2.75, 3.05) is 0 Å². The first-order chi connectivity index (χ1) is 6.56. The van der Waals surface area contributed by atoms with Crippen molar-refractivity contribution in [3.05, 3.63) is 27.7 Å². The third-order valence-corrected chi connectivity index (χ3v) is 2.05. The molecule has 1 aromatic rings. The molecule has 0 aliphatic carbocycles. The molecule has 1 unspecified atom stereocenters. The number of hydrogen-bond acceptors (Lipinski definition) is 3. The van der Waals surface area contributed by atoms with E-state index in [2.05, 4.69) is 5.10 Å². The average molecular weight is 195 g/mol. The summed E-state index contributed by atoms with van der Waals surface area (Å²) >= 11 is 0. The number of nitrogens with two attached hydrogens (primary N) is 1. The number of hydrogen-bond donors (Lipinski definition) is 1. The number of aryl methyl sites for hydroxylation is 2. The van der Waals surface area contributed by atoms with E-state index in [1.165, 1.54) is 4.68 Å². The fourth-order valence-corrected chi connectivity index (χ4v) is 1.39. The monoisotopic (exact) mass is 195 g/mol. The van der Waals surface area contributed by atoms with Crippen molar-refractivity contribution >= 4 is 0 Å². The van der Waals surface area contributed by atoms with Gasteiger partial charge in [0.2, 0.25) is 0 Å². The van der Waals surface area contributed by atoms with E-state index in [9.17, 15) is 4.79 Å². The van der Waals surface area contributed by atoms with Crippen LogP contribution in [0.3, 0.4) is 0 Å². The van der Waals surface area contributed by atoms with Crippen LogP contribution in [-0.4, -0.2) is 9.78 Å². The predicted octanol–water partition coefficient (Wildman–Crippen LogP) is 0.981. The van der Waals surface area contributed by atoms with Crippen molar-refractivity contribution in [3.63, 3.8) is 0 Å². The van der Waals surface area contributed by atoms with Crippen LogP contribution in [0.4, 0.5) is 0 Å². The molecule has 0 aliphatic rings. The first kappa shape index (κ1) is 10.9. The molecule has 0 amide bonds. The lowest BCUT2D eigenvalue weighted by Crippen LogP contribution is -2.29. The van der Waals surface area contributed by atoms with E-state index >= 15 is 0 Å². The summed E-state index contributed by atoms with van der Waals surface area (Å²) in [4.78, 5) is 11.8. The van der Waals surface area contributed by atoms with Crippen LogP contribution in [0.2, 0.25) is 0 Å². The van der Waals surface area contributed by atoms with Gasteiger partial charge in [-0.2, -0.15) is 5.10 Å². The minimum absolute atomic E-state index is 0.0625. The Balaban J connectivity index is 3.25. The first-order valence-corrected chi connectivity index (χ1v) is 4.90. The molecular formula is C10H17N3O. The minimum atomic E-state index is -0.229. The molecular weight excluding hydrogens is 178 g/mol. The van der Waals surface area contributed by atoms with Crippen molar-refractivity contribution in [1.29, 1.82) is 0 Å². The van der Waals surface area contributed by atoms with E-state index in [1.807, 2.05) is 20.8 Å². The molecule has 0 spiro atoms. The Kier molecular flexibility index (Phi) is 3.41. The summed E-state index contributed by atoms with van der Waals surface area (Å²) in [5.74, 6) is 0. The second kappa shape index (κ2) is 4.37. The number of aromatic nitrogens is 2. The van der Waals surface area contributed by atoms with Crippen molar-refractivity contribution in [1.82, 2.24) is 9.78 Å². The highest BCUT2D eigenvalue weighted by Gasteiger charge is 2.09. The molecule has 78 valence electrons. The lowest BCUT2D eigenvalue weighted by molar-refractivity contribution is 0.549. The summed E-state index contributed by atoms with van der Waals surface area (Å²) in [6.45, 7) is 6.35. The van der Waals surface area contributed by atoms with Gasteiger partial charge in [-0.3, -0.25) is 4.79 Å². The van der Waals surface area contributed by atoms with Crippen LogP contribution < -0.4 is 11.3 Å². The molecule has 0 saturated carbocycles. The van der Waals surface area contributed by atoms with Gasteiger partial charge in [0.25, 0.3) is 5.56 Å². The Bertz CT molecular complexity index is 368. The predicted molar refractivity (Wildman–Crippen MR) is 56.1 cm³/mol. The molecule has 0 fully saturated rings. The zero-order chi connectivity index (χ0) is 10.7. The standard InChI is InChI=1S/C10H17N3O/c1-4-5-13-10(14)9(8(3)11)6-7(2)12-13/h6,8H,4-5,11H2,1-3H3. The summed E-state index contributed by atoms with van der Waals surface area (Å²) in [7, 11) is 0. The molecule has 0 bridgehead atoms. The highest BCUT2D eigenvalue weighted by Crippen LogP contribution is 2.04. The zero-order valence-electron chi connectivity index (χ0n) is 8.95. The zero-order valence-corrected chi connectivity index (χ0v) is 8.95. The Labute approximate surface area is 83.7 Å². The summed E-state index contributed by atoms with van der Waals surface area (Å²) in [6, 6.07) is 1.53. The molecule has 4 nitrogen and oxygen atoms in total. The van der Waals surface area contributed by atoms with Gasteiger partial charge in [-0.05, 0) is 26.3 Å². The van der Waals surface area contributed by atoms with Gasteiger partial charge in [0.15, 0.2) is 0 Å². The van der Waals surface area contributed by atoms with Crippen molar-refractivity contribution in [2.24, 2.45) is 5.73 Å². The van der Waals surface area contributed by atoms with Gasteiger partial charge in [0, 0.05) is 18.2 Å². The topological polar surface area (TPSA) is 60.9 Å². The molecule has 0 saturated heterocycles. The third-order valence-electron chi connectivity index (χ3n) is 2.05. The highest BCUT2D eigenvalue weighted by atomic mass is 16.1. The van der Waals surface area contributed by atoms with Crippen LogP contribution in [0, 0.1) is 6.92 Å². The van der Waals surface area contributed by atoms with Crippen molar-refractivity contribution < 1.29 is 0 Å². The van der Waals surface area contributed by atoms with Crippen LogP contribution in [0.25, 0.3) is 0 Å². The minimum Gasteiger partial charge on any atom is -0.324 e. The van der Waals surface area contributed by atoms with E-state index in [-0.39, 0.29) is 11.6 Å². The third kappa shape index (κ3) is 2.20. The molecule has 4 heteroatoms. The van der Waals surface area contributed by atoms with Gasteiger partial charge in [-0.25, -0.2) is 4.68 Å². The Morgan fingerprint density at radius 2 is 2.29 bits per heavy atom. The normalized spacial score (nSPS) is 12.9. The number of rotatable bonds is 3. The fourth-order valence-electron chi connectivity index (χ4n) is 1.39. The maximum Gasteiger partial charge on any atom is 0.271 e. The molecule has 0 radical (unpaired) electrons. The first-order valence-electron chi connectivity index (χ1n) is 4.90. The summed E-state index contributed by atoms with van der Waals surface area (Å²) < 4.78 is 1.49. The van der Waals surface area contributed by atoms with Gasteiger partial charge in [-0.15, -0.1) is 0 Å². The molecule has 0 aromatic carbocycles. The molecule has 1 aromatic heterocycles. The van der Waals surface area contributed by atoms with Gasteiger partial charge in [0.1, 0.15) is 0 Å². The lowest BCUT2D eigenvalue weighted by Gasteiger charge is -2.09. The molecule has 1 atom stereocenters. The lowest BCUT2D eigenvalue weighted by atomic mass is 10.1. The van der Waals surface area contributed by atoms with Crippen LogP contribution in [-0.2, 0) is 6.54 Å². The summed E-state index contributed by atoms with van der Waals surface area (Å²) in [6.07, 6.45) is 0.898. The maximum absolute atomic E-state index is 11.8. The van der Waals surface area contributed by atoms with Crippen LogP contribution >= 0.6 is 0 Å². The van der Waals surface area contributed by atoms with E-state index < -0.39 is 0 Å². The molecule has 2 N–H and O–H groups in total. The van der Waals surface area contributed by atoms with Gasteiger partial charge >= 0.3 is 0 Å². The van der Waals surface area contributed by atoms with E-state index in [0.717, 1.165) is 12.1 Å². The highest BCUT2D eigenvalue weighted by molar-refractivity contribution is 5.15. The van der Waals surface area contributed by atoms with E-state index in [0.29, 0.717) is 12.1 Å². The average Bonchev–Trinajstić information content (AvgIpc) is 2.10. The van der Waals surface area contributed by atoms with Crippen molar-refractivity contribution in [2.45, 2.75) is 39.8 Å². The fraction of sp³-hybridized carbons (Fsp3) is 0.600. The molecule has 1 rings (SSSR count). The largest absolute Gasteiger partial charge is 0.324 e. The van der Waals surface area contributed by atoms with Crippen molar-refractivity contribution in [3.8, 4) is 0 Å². The molecule has 1 heterocycles. The van der Waals surface area contributed by atoms with E-state index in [1.54, 1.807) is 6.07 Å². The molecule has 14 heavy (non-hydrogen) atoms. The smallest absolute Gasteiger partial charge is 0.271 e. The quantitative estimate of drug-likeness (QED) is 0.782.